The highest BCUT2D eigenvalue weighted by Crippen LogP contribution is 2.31. The Morgan fingerprint density at radius 3 is 2.54 bits per heavy atom. The van der Waals surface area contributed by atoms with Gasteiger partial charge >= 0.3 is 0 Å². The molecular formula is C32H45N4O3+. The molecule has 0 bridgehead atoms. The topological polar surface area (TPSA) is 69.7 Å². The Balaban J connectivity index is 1.22. The fourth-order valence-electron chi connectivity index (χ4n) is 6.21. The second-order valence-corrected chi connectivity index (χ2v) is 12.2. The highest BCUT2D eigenvalue weighted by Gasteiger charge is 2.36. The largest absolute Gasteiger partial charge is 0.478 e. The number of hydrogen-bond acceptors (Lipinski definition) is 4. The van der Waals surface area contributed by atoms with E-state index in [2.05, 4.69) is 53.2 Å². The van der Waals surface area contributed by atoms with Crippen LogP contribution in [-0.4, -0.2) is 73.0 Å². The average Bonchev–Trinajstić information content (AvgIpc) is 2.96. The first kappa shape index (κ1) is 27.5. The van der Waals surface area contributed by atoms with E-state index < -0.39 is 5.60 Å². The summed E-state index contributed by atoms with van der Waals surface area (Å²) in [6.45, 7) is 14.7. The number of fused-ring (bicyclic) bond motifs is 1. The molecule has 3 aliphatic rings. The van der Waals surface area contributed by atoms with Crippen LogP contribution in [0.25, 0.3) is 0 Å². The van der Waals surface area contributed by atoms with Crippen LogP contribution in [0.5, 0.6) is 5.75 Å². The first-order chi connectivity index (χ1) is 18.7. The van der Waals surface area contributed by atoms with Gasteiger partial charge in [0.05, 0.1) is 32.1 Å². The maximum absolute atomic E-state index is 13.6. The number of ether oxygens (including phenoxy) is 1. The van der Waals surface area contributed by atoms with Crippen LogP contribution in [0.4, 0.5) is 5.69 Å². The Hall–Kier alpha value is -3.06. The van der Waals surface area contributed by atoms with Gasteiger partial charge in [0.15, 0.2) is 5.60 Å². The molecule has 39 heavy (non-hydrogen) atoms. The molecule has 0 radical (unpaired) electrons. The van der Waals surface area contributed by atoms with E-state index in [4.69, 9.17) is 4.74 Å². The Morgan fingerprint density at radius 1 is 0.974 bits per heavy atom. The molecule has 3 heterocycles. The number of hydrogen-bond donors (Lipinski definition) is 1. The summed E-state index contributed by atoms with van der Waals surface area (Å²) in [5, 5.41) is 2.24. The number of nitrogens with two attached hydrogens (primary N) is 1. The Kier molecular flexibility index (Phi) is 8.17. The van der Waals surface area contributed by atoms with E-state index in [1.165, 1.54) is 16.7 Å². The standard InChI is InChI=1S/C32H44N4O3/c1-23(2)24-10-11-26-21-36(16-12-25(26)19-24)30(37)27-7-6-15-35(22-27)28-8-5-9-29(20-28)39-32(3,4)31(38)34-17-13-33-14-18-34/h5,8-11,19-20,23,27,33H,6-7,12-18,21-22H2,1-4H3/p+1/t27-/m1/s1. The van der Waals surface area contributed by atoms with Gasteiger partial charge in [-0.05, 0) is 67.9 Å². The highest BCUT2D eigenvalue weighted by molar-refractivity contribution is 5.85. The summed E-state index contributed by atoms with van der Waals surface area (Å²) < 4.78 is 6.27. The van der Waals surface area contributed by atoms with E-state index in [1.807, 2.05) is 36.9 Å². The molecule has 2 aromatic carbocycles. The van der Waals surface area contributed by atoms with Crippen LogP contribution in [-0.2, 0) is 22.6 Å². The quantitative estimate of drug-likeness (QED) is 0.619. The van der Waals surface area contributed by atoms with Crippen molar-refractivity contribution >= 4 is 17.5 Å². The van der Waals surface area contributed by atoms with E-state index in [0.29, 0.717) is 24.8 Å². The number of carbonyl (C=O) groups is 2. The van der Waals surface area contributed by atoms with Crippen molar-refractivity contribution in [2.24, 2.45) is 5.92 Å². The van der Waals surface area contributed by atoms with Gasteiger partial charge in [-0.2, -0.15) is 0 Å². The molecule has 2 fully saturated rings. The minimum atomic E-state index is -0.934. The molecule has 1 atom stereocenters. The molecule has 2 amide bonds. The van der Waals surface area contributed by atoms with Crippen molar-refractivity contribution in [1.29, 1.82) is 0 Å². The summed E-state index contributed by atoms with van der Waals surface area (Å²) >= 11 is 0. The van der Waals surface area contributed by atoms with Crippen LogP contribution in [0.3, 0.4) is 0 Å². The lowest BCUT2D eigenvalue weighted by atomic mass is 9.91. The first-order valence-electron chi connectivity index (χ1n) is 14.8. The van der Waals surface area contributed by atoms with Crippen molar-refractivity contribution < 1.29 is 19.6 Å². The smallest absolute Gasteiger partial charge is 0.266 e. The van der Waals surface area contributed by atoms with Crippen molar-refractivity contribution in [2.45, 2.75) is 65.0 Å². The molecule has 0 unspecified atom stereocenters. The van der Waals surface area contributed by atoms with E-state index in [0.717, 1.165) is 64.2 Å². The molecular weight excluding hydrogens is 488 g/mol. The van der Waals surface area contributed by atoms with Gasteiger partial charge in [0, 0.05) is 37.9 Å². The van der Waals surface area contributed by atoms with Gasteiger partial charge in [0.1, 0.15) is 5.75 Å². The number of piperazine rings is 1. The summed E-state index contributed by atoms with van der Waals surface area (Å²) in [4.78, 5) is 33.0. The maximum Gasteiger partial charge on any atom is 0.266 e. The number of amides is 2. The van der Waals surface area contributed by atoms with Crippen molar-refractivity contribution in [3.63, 3.8) is 0 Å². The van der Waals surface area contributed by atoms with Crippen molar-refractivity contribution in [3.05, 3.63) is 59.2 Å². The van der Waals surface area contributed by atoms with Gasteiger partial charge in [0.25, 0.3) is 5.91 Å². The number of quaternary nitrogens is 1. The molecule has 0 saturated carbocycles. The molecule has 7 heteroatoms. The molecule has 0 spiro atoms. The Morgan fingerprint density at radius 2 is 1.77 bits per heavy atom. The van der Waals surface area contributed by atoms with E-state index >= 15 is 0 Å². The lowest BCUT2D eigenvalue weighted by Gasteiger charge is -2.38. The number of benzene rings is 2. The van der Waals surface area contributed by atoms with Gasteiger partial charge in [-0.15, -0.1) is 0 Å². The minimum absolute atomic E-state index is 0.00580. The van der Waals surface area contributed by atoms with Crippen LogP contribution < -0.4 is 15.0 Å². The van der Waals surface area contributed by atoms with Crippen molar-refractivity contribution in [1.82, 2.24) is 9.80 Å². The zero-order valence-corrected chi connectivity index (χ0v) is 24.1. The van der Waals surface area contributed by atoms with Gasteiger partial charge in [-0.1, -0.05) is 38.1 Å². The van der Waals surface area contributed by atoms with Gasteiger partial charge in [0.2, 0.25) is 5.91 Å². The second kappa shape index (κ2) is 11.6. The number of carbonyl (C=O) groups excluding carboxylic acids is 2. The average molecular weight is 534 g/mol. The van der Waals surface area contributed by atoms with Crippen LogP contribution in [0.15, 0.2) is 42.5 Å². The number of rotatable bonds is 6. The monoisotopic (exact) mass is 533 g/mol. The fourth-order valence-corrected chi connectivity index (χ4v) is 6.21. The first-order valence-corrected chi connectivity index (χ1v) is 14.8. The highest BCUT2D eigenvalue weighted by atomic mass is 16.5. The number of piperidine rings is 1. The molecule has 2 saturated heterocycles. The van der Waals surface area contributed by atoms with Crippen LogP contribution in [0.1, 0.15) is 63.1 Å². The van der Waals surface area contributed by atoms with Crippen molar-refractivity contribution in [2.75, 3.05) is 50.7 Å². The number of anilines is 1. The Bertz CT molecular complexity index is 1190. The van der Waals surface area contributed by atoms with Crippen LogP contribution in [0.2, 0.25) is 0 Å². The van der Waals surface area contributed by atoms with Gasteiger partial charge in [-0.3, -0.25) is 9.59 Å². The van der Waals surface area contributed by atoms with Crippen LogP contribution >= 0.6 is 0 Å². The lowest BCUT2D eigenvalue weighted by molar-refractivity contribution is -0.662. The molecule has 7 nitrogen and oxygen atoms in total. The Labute approximate surface area is 233 Å². The second-order valence-electron chi connectivity index (χ2n) is 12.2. The van der Waals surface area contributed by atoms with E-state index in [1.54, 1.807) is 0 Å². The zero-order chi connectivity index (χ0) is 27.6. The third kappa shape index (κ3) is 6.24. The summed E-state index contributed by atoms with van der Waals surface area (Å²) in [6, 6.07) is 14.8. The maximum atomic E-state index is 13.6. The number of nitrogens with zero attached hydrogens (tertiary/aromatic N) is 3. The minimum Gasteiger partial charge on any atom is -0.478 e. The molecule has 2 aromatic rings. The van der Waals surface area contributed by atoms with Gasteiger partial charge < -0.3 is 24.8 Å². The predicted molar refractivity (Wildman–Crippen MR) is 154 cm³/mol. The van der Waals surface area contributed by atoms with E-state index in [-0.39, 0.29) is 17.7 Å². The van der Waals surface area contributed by atoms with Gasteiger partial charge in [-0.25, -0.2) is 0 Å². The normalized spacial score (nSPS) is 20.1. The zero-order valence-electron chi connectivity index (χ0n) is 24.1. The predicted octanol–water partition coefficient (Wildman–Crippen LogP) is 3.17. The SMILES string of the molecule is CC(C)c1ccc2c(c1)CCN(C(=O)[C@@H]1CCCN(c3cccc(OC(C)(C)C(=O)N4CC[NH2+]CC4)c3)C1)C2. The third-order valence-corrected chi connectivity index (χ3v) is 8.56. The molecule has 5 rings (SSSR count). The van der Waals surface area contributed by atoms with Crippen molar-refractivity contribution in [3.8, 4) is 5.75 Å². The molecule has 210 valence electrons. The summed E-state index contributed by atoms with van der Waals surface area (Å²) in [5.41, 5.74) is 4.17. The van der Waals surface area contributed by atoms with E-state index in [9.17, 15) is 9.59 Å². The molecule has 0 aliphatic carbocycles. The third-order valence-electron chi connectivity index (χ3n) is 8.56. The van der Waals surface area contributed by atoms with Crippen LogP contribution in [0, 0.1) is 5.92 Å². The summed E-state index contributed by atoms with van der Waals surface area (Å²) in [7, 11) is 0. The lowest BCUT2D eigenvalue weighted by Crippen LogP contribution is -2.90. The molecule has 3 aliphatic heterocycles. The summed E-state index contributed by atoms with van der Waals surface area (Å²) in [5.74, 6) is 1.52. The molecule has 2 N–H and O–H groups in total. The summed E-state index contributed by atoms with van der Waals surface area (Å²) in [6.07, 6.45) is 2.84. The molecule has 0 aromatic heterocycles. The fraction of sp³-hybridized carbons (Fsp3) is 0.562.